The highest BCUT2D eigenvalue weighted by atomic mass is 35.5. The Morgan fingerprint density at radius 1 is 1.18 bits per heavy atom. The van der Waals surface area contributed by atoms with Gasteiger partial charge in [0.15, 0.2) is 0 Å². The van der Waals surface area contributed by atoms with E-state index in [-0.39, 0.29) is 45.8 Å². The molecule has 2 aromatic rings. The number of benzene rings is 2. The lowest BCUT2D eigenvalue weighted by Gasteiger charge is -2.26. The minimum Gasteiger partial charge on any atom is -0.454 e. The summed E-state index contributed by atoms with van der Waals surface area (Å²) in [4.78, 5) is 10.2. The first-order valence-corrected chi connectivity index (χ1v) is 9.88. The van der Waals surface area contributed by atoms with E-state index in [0.717, 1.165) is 6.07 Å². The van der Waals surface area contributed by atoms with Gasteiger partial charge in [0.2, 0.25) is 10.0 Å². The van der Waals surface area contributed by atoms with Gasteiger partial charge in [-0.05, 0) is 24.3 Å². The van der Waals surface area contributed by atoms with E-state index in [0.29, 0.717) is 13.2 Å². The molecule has 0 aromatic heterocycles. The molecule has 1 aliphatic heterocycles. The summed E-state index contributed by atoms with van der Waals surface area (Å²) >= 11 is 6.18. The van der Waals surface area contributed by atoms with Crippen molar-refractivity contribution in [3.63, 3.8) is 0 Å². The standard InChI is InChI=1S/C17H14ClN3O6S/c18-15-10-14(28(24,25)20-5-7-26-8-6-20)2-4-17(15)27-16-3-1-13(21(22)23)9-12(16)11-19/h1-4,9-10H,5-8H2. The summed E-state index contributed by atoms with van der Waals surface area (Å²) in [5.41, 5.74) is -0.294. The van der Waals surface area contributed by atoms with Crippen LogP contribution in [0.25, 0.3) is 0 Å². The van der Waals surface area contributed by atoms with Gasteiger partial charge in [-0.15, -0.1) is 0 Å². The van der Waals surface area contributed by atoms with Crippen LogP contribution in [0.5, 0.6) is 11.5 Å². The van der Waals surface area contributed by atoms with Crippen molar-refractivity contribution in [1.82, 2.24) is 4.31 Å². The largest absolute Gasteiger partial charge is 0.454 e. The number of ether oxygens (including phenoxy) is 2. The Balaban J connectivity index is 1.88. The maximum atomic E-state index is 12.7. The molecule has 0 unspecified atom stereocenters. The van der Waals surface area contributed by atoms with E-state index >= 15 is 0 Å². The molecule has 1 saturated heterocycles. The van der Waals surface area contributed by atoms with Crippen LogP contribution in [0.1, 0.15) is 5.56 Å². The van der Waals surface area contributed by atoms with Crippen molar-refractivity contribution in [3.05, 3.63) is 57.1 Å². The number of non-ortho nitro benzene ring substituents is 1. The van der Waals surface area contributed by atoms with Gasteiger partial charge in [-0.3, -0.25) is 10.1 Å². The van der Waals surface area contributed by atoms with Gasteiger partial charge in [0.25, 0.3) is 5.69 Å². The van der Waals surface area contributed by atoms with Crippen molar-refractivity contribution >= 4 is 27.3 Å². The zero-order valence-corrected chi connectivity index (χ0v) is 15.9. The molecule has 0 saturated carbocycles. The fourth-order valence-corrected chi connectivity index (χ4v) is 4.31. The predicted molar refractivity (Wildman–Crippen MR) is 98.9 cm³/mol. The Labute approximate surface area is 165 Å². The highest BCUT2D eigenvalue weighted by Gasteiger charge is 2.27. The Bertz CT molecular complexity index is 1060. The van der Waals surface area contributed by atoms with Gasteiger partial charge >= 0.3 is 0 Å². The minimum atomic E-state index is -3.72. The van der Waals surface area contributed by atoms with E-state index in [9.17, 15) is 23.8 Å². The molecule has 1 heterocycles. The lowest BCUT2D eigenvalue weighted by Crippen LogP contribution is -2.40. The van der Waals surface area contributed by atoms with E-state index in [1.54, 1.807) is 0 Å². The second-order valence-electron chi connectivity index (χ2n) is 5.76. The third-order valence-electron chi connectivity index (χ3n) is 4.03. The summed E-state index contributed by atoms with van der Waals surface area (Å²) in [6, 6.07) is 9.37. The molecular weight excluding hydrogens is 410 g/mol. The van der Waals surface area contributed by atoms with Crippen molar-refractivity contribution in [1.29, 1.82) is 5.26 Å². The Kier molecular flexibility index (Phi) is 5.81. The molecule has 0 spiro atoms. The fraction of sp³-hybridized carbons (Fsp3) is 0.235. The number of nitro benzene ring substituents is 1. The first kappa shape index (κ1) is 20.0. The maximum Gasteiger partial charge on any atom is 0.271 e. The van der Waals surface area contributed by atoms with Crippen LogP contribution in [0.4, 0.5) is 5.69 Å². The second kappa shape index (κ2) is 8.12. The highest BCUT2D eigenvalue weighted by Crippen LogP contribution is 2.34. The summed E-state index contributed by atoms with van der Waals surface area (Å²) in [7, 11) is -3.72. The van der Waals surface area contributed by atoms with E-state index in [4.69, 9.17) is 21.1 Å². The lowest BCUT2D eigenvalue weighted by molar-refractivity contribution is -0.384. The Morgan fingerprint density at radius 3 is 2.46 bits per heavy atom. The maximum absolute atomic E-state index is 12.7. The molecule has 0 aliphatic carbocycles. The SMILES string of the molecule is N#Cc1cc([N+](=O)[O-])ccc1Oc1ccc(S(=O)(=O)N2CCOCC2)cc1Cl. The number of hydrogen-bond acceptors (Lipinski definition) is 7. The summed E-state index contributed by atoms with van der Waals surface area (Å²) < 4.78 is 37.4. The molecule has 0 radical (unpaired) electrons. The van der Waals surface area contributed by atoms with Gasteiger partial charge in [-0.1, -0.05) is 11.6 Å². The van der Waals surface area contributed by atoms with Crippen molar-refractivity contribution in [2.75, 3.05) is 26.3 Å². The smallest absolute Gasteiger partial charge is 0.271 e. The molecule has 9 nitrogen and oxygen atoms in total. The first-order chi connectivity index (χ1) is 13.3. The van der Waals surface area contributed by atoms with Gasteiger partial charge in [0.05, 0.1) is 28.1 Å². The van der Waals surface area contributed by atoms with Crippen LogP contribution in [0, 0.1) is 21.4 Å². The van der Waals surface area contributed by atoms with Crippen LogP contribution >= 0.6 is 11.6 Å². The van der Waals surface area contributed by atoms with E-state index in [1.165, 1.54) is 34.6 Å². The van der Waals surface area contributed by atoms with Gasteiger partial charge in [-0.2, -0.15) is 9.57 Å². The summed E-state index contributed by atoms with van der Waals surface area (Å²) in [6.45, 7) is 1.16. The number of nitriles is 1. The van der Waals surface area contributed by atoms with Crippen molar-refractivity contribution in [2.24, 2.45) is 0 Å². The summed E-state index contributed by atoms with van der Waals surface area (Å²) in [5, 5.41) is 20.0. The van der Waals surface area contributed by atoms with Crippen LogP contribution in [-0.2, 0) is 14.8 Å². The quantitative estimate of drug-likeness (QED) is 0.535. The van der Waals surface area contributed by atoms with E-state index in [2.05, 4.69) is 0 Å². The van der Waals surface area contributed by atoms with Gasteiger partial charge in [-0.25, -0.2) is 8.42 Å². The molecule has 0 bridgehead atoms. The zero-order chi connectivity index (χ0) is 20.3. The summed E-state index contributed by atoms with van der Waals surface area (Å²) in [6.07, 6.45) is 0. The molecule has 1 fully saturated rings. The molecule has 11 heteroatoms. The third kappa shape index (κ3) is 4.07. The monoisotopic (exact) mass is 423 g/mol. The molecule has 146 valence electrons. The third-order valence-corrected chi connectivity index (χ3v) is 6.22. The van der Waals surface area contributed by atoms with Gasteiger partial charge in [0, 0.05) is 25.2 Å². The van der Waals surface area contributed by atoms with Crippen LogP contribution < -0.4 is 4.74 Å². The van der Waals surface area contributed by atoms with E-state index < -0.39 is 14.9 Å². The van der Waals surface area contributed by atoms with Crippen LogP contribution in [0.2, 0.25) is 5.02 Å². The molecule has 0 N–H and O–H groups in total. The van der Waals surface area contributed by atoms with Crippen molar-refractivity contribution in [3.8, 4) is 17.6 Å². The van der Waals surface area contributed by atoms with Crippen LogP contribution in [0.3, 0.4) is 0 Å². The number of sulfonamides is 1. The highest BCUT2D eigenvalue weighted by molar-refractivity contribution is 7.89. The number of nitro groups is 1. The average Bonchev–Trinajstić information content (AvgIpc) is 2.70. The van der Waals surface area contributed by atoms with E-state index in [1.807, 2.05) is 6.07 Å². The first-order valence-electron chi connectivity index (χ1n) is 8.07. The van der Waals surface area contributed by atoms with Crippen LogP contribution in [0.15, 0.2) is 41.3 Å². The Hall–Kier alpha value is -2.71. The fourth-order valence-electron chi connectivity index (χ4n) is 2.59. The molecule has 2 aromatic carbocycles. The second-order valence-corrected chi connectivity index (χ2v) is 8.11. The predicted octanol–water partition coefficient (Wildman–Crippen LogP) is 2.93. The molecule has 0 amide bonds. The van der Waals surface area contributed by atoms with Crippen LogP contribution in [-0.4, -0.2) is 43.9 Å². The minimum absolute atomic E-state index is 0.0101. The molecule has 3 rings (SSSR count). The van der Waals surface area contributed by atoms with Crippen molar-refractivity contribution in [2.45, 2.75) is 4.90 Å². The Morgan fingerprint density at radius 2 is 1.86 bits per heavy atom. The molecule has 28 heavy (non-hydrogen) atoms. The van der Waals surface area contributed by atoms with Gasteiger partial charge < -0.3 is 9.47 Å². The molecule has 0 atom stereocenters. The lowest BCUT2D eigenvalue weighted by atomic mass is 10.2. The molecular formula is C17H14ClN3O6S. The molecule has 1 aliphatic rings. The zero-order valence-electron chi connectivity index (χ0n) is 14.4. The topological polar surface area (TPSA) is 123 Å². The number of halogens is 1. The van der Waals surface area contributed by atoms with Crippen molar-refractivity contribution < 1.29 is 22.8 Å². The summed E-state index contributed by atoms with van der Waals surface area (Å²) in [5.74, 6) is 0.187. The average molecular weight is 424 g/mol. The number of rotatable bonds is 5. The normalized spacial score (nSPS) is 15.0. The number of hydrogen-bond donors (Lipinski definition) is 0. The number of morpholine rings is 1. The number of nitrogens with zero attached hydrogens (tertiary/aromatic N) is 3. The van der Waals surface area contributed by atoms with Gasteiger partial charge in [0.1, 0.15) is 23.1 Å².